The van der Waals surface area contributed by atoms with Crippen molar-refractivity contribution in [3.05, 3.63) is 443 Å². The zero-order chi connectivity index (χ0) is 93.8. The van der Waals surface area contributed by atoms with E-state index in [1.165, 1.54) is 225 Å². The molecule has 0 saturated heterocycles. The minimum atomic E-state index is -0.161. The van der Waals surface area contributed by atoms with Gasteiger partial charge in [0.25, 0.3) is 0 Å². The lowest BCUT2D eigenvalue weighted by Gasteiger charge is -2.61. The van der Waals surface area contributed by atoms with Crippen molar-refractivity contribution in [2.24, 2.45) is 71.0 Å². The Morgan fingerprint density at radius 3 is 0.879 bits per heavy atom. The van der Waals surface area contributed by atoms with Gasteiger partial charge in [-0.05, 0) is 410 Å². The number of hydrogen-bond acceptors (Lipinski definition) is 3. The SMILES string of the molecule is CC(C)(C)c1ccc(N(c2ccc(-c3ccccc3)cc2)c2cccc3c2C2(c4ccccc4-3)C3CC4CC(C3)CC2C4)cc1.Cc1cc(N(c2ccc(-c3ccccc3)cc2)c2cccc3c2C2(c4ccccc4-3)C3CC4CC(C3)CC2C4)ccc1F.[C-]#[N+]c1ccc(-c2ccc(N(c3ccc4c(c3)C(C)(C)c3ccccc3-4)c3cccc4c3C3(c5ccccc5-4)C4CC5CC(C4)CC3C5)cc2)cc1. The molecule has 140 heavy (non-hydrogen) atoms. The van der Waals surface area contributed by atoms with E-state index in [2.05, 4.69) is 394 Å². The Morgan fingerprint density at radius 1 is 0.264 bits per heavy atom. The third-order valence-corrected chi connectivity index (χ3v) is 37.5. The number of anilines is 9. The molecule has 0 radical (unpaired) electrons. The summed E-state index contributed by atoms with van der Waals surface area (Å²) in [7, 11) is 0. The first-order chi connectivity index (χ1) is 68.5. The summed E-state index contributed by atoms with van der Waals surface area (Å²) in [6.07, 6.45) is 20.7. The fourth-order valence-corrected chi connectivity index (χ4v) is 32.5. The van der Waals surface area contributed by atoms with Crippen molar-refractivity contribution in [3.63, 3.8) is 0 Å². The van der Waals surface area contributed by atoms with Crippen molar-refractivity contribution < 1.29 is 4.39 Å². The van der Waals surface area contributed by atoms with Crippen LogP contribution in [-0.2, 0) is 27.1 Å². The van der Waals surface area contributed by atoms with E-state index < -0.39 is 0 Å². The Balaban J connectivity index is 0.000000106. The summed E-state index contributed by atoms with van der Waals surface area (Å²) < 4.78 is 14.7. The predicted octanol–water partition coefficient (Wildman–Crippen LogP) is 36.2. The Hall–Kier alpha value is -13.7. The van der Waals surface area contributed by atoms with Gasteiger partial charge in [-0.3, -0.25) is 0 Å². The molecule has 0 aromatic heterocycles. The highest BCUT2D eigenvalue weighted by Crippen LogP contribution is 2.76. The molecule has 0 aliphatic heterocycles. The van der Waals surface area contributed by atoms with Gasteiger partial charge in [-0.15, -0.1) is 0 Å². The van der Waals surface area contributed by atoms with Gasteiger partial charge >= 0.3 is 0 Å². The van der Waals surface area contributed by atoms with Crippen LogP contribution in [0.3, 0.4) is 0 Å². The Bertz CT molecular complexity index is 7530. The molecule has 0 atom stereocenters. The van der Waals surface area contributed by atoms with Crippen LogP contribution in [-0.4, -0.2) is 0 Å². The second kappa shape index (κ2) is 32.7. The van der Waals surface area contributed by atoms with E-state index in [0.717, 1.165) is 69.8 Å². The van der Waals surface area contributed by atoms with Crippen molar-refractivity contribution in [2.75, 3.05) is 14.7 Å². The molecule has 16 aliphatic carbocycles. The van der Waals surface area contributed by atoms with Crippen LogP contribution in [0.4, 0.5) is 61.3 Å². The van der Waals surface area contributed by atoms with Gasteiger partial charge in [0.1, 0.15) is 5.82 Å². The zero-order valence-electron chi connectivity index (χ0n) is 81.4. The van der Waals surface area contributed by atoms with Crippen molar-refractivity contribution in [1.82, 2.24) is 0 Å². The molecule has 5 heteroatoms. The standard InChI is InChI=1S/C50H42N2.C44H43N.C41H36FN/c1-49(2)44-12-6-4-9-40(44)42-24-23-39(30-46(42)49)52(38-21-17-34(18-22-38)33-15-19-37(51-3)20-16-33)47-14-8-11-43-41-10-5-7-13-45(41)50(48(43)47)35-26-31-25-32(28-35)29-36(50)27-31;1-43(2,3)33-18-22-37(23-19-33)45(36-20-16-32(17-21-36)31-10-5-4-6-11-31)41-15-9-13-39-38-12-7-8-14-40(38)44(42(39)41)34-25-29-24-30(27-34)28-35(44)26-29;1-26-20-34(18-19-38(26)42)43(33-16-14-30(15-17-33)29-8-3-2-4-9-29)39-13-7-11-36-35-10-5-6-12-37(35)41(40(36)39)31-22-27-21-28(24-31)25-32(41)23-27/h4-24,30-32,35-36H,25-29H2,1-2H3;4-23,29-30,34-35H,24-28H2,1-3H3;2-20,27-28,31-32H,21-25H2,1H3. The Morgan fingerprint density at radius 2 is 0.536 bits per heavy atom. The van der Waals surface area contributed by atoms with E-state index in [9.17, 15) is 4.39 Å². The van der Waals surface area contributed by atoms with E-state index in [-0.39, 0.29) is 32.9 Å². The maximum atomic E-state index is 14.7. The summed E-state index contributed by atoms with van der Waals surface area (Å²) in [5, 5.41) is 0. The molecule has 32 rings (SSSR count). The fraction of sp³-hybridized carbons (Fsp3) is 0.281. The smallest absolute Gasteiger partial charge is 0.187 e. The lowest BCUT2D eigenvalue weighted by molar-refractivity contribution is -0.0397. The van der Waals surface area contributed by atoms with Crippen LogP contribution in [0, 0.1) is 90.3 Å². The van der Waals surface area contributed by atoms with E-state index in [1.54, 1.807) is 33.9 Å². The molecule has 12 bridgehead atoms. The molecule has 0 heterocycles. The molecular formula is C135H121FN4. The van der Waals surface area contributed by atoms with Gasteiger partial charge in [-0.25, -0.2) is 9.24 Å². The first-order valence-corrected chi connectivity index (χ1v) is 52.6. The van der Waals surface area contributed by atoms with Crippen LogP contribution in [0.2, 0.25) is 0 Å². The van der Waals surface area contributed by atoms with Crippen LogP contribution < -0.4 is 14.7 Å². The van der Waals surface area contributed by atoms with Crippen LogP contribution in [0.5, 0.6) is 0 Å². The molecule has 16 aromatic carbocycles. The summed E-state index contributed by atoms with van der Waals surface area (Å²) in [5.74, 6) is 9.41. The Labute approximate surface area is 827 Å². The maximum absolute atomic E-state index is 14.7. The molecule has 12 fully saturated rings. The molecule has 0 amide bonds. The quantitative estimate of drug-likeness (QED) is 0.113. The highest BCUT2D eigenvalue weighted by atomic mass is 19.1. The van der Waals surface area contributed by atoms with Crippen LogP contribution >= 0.6 is 0 Å². The number of nitrogens with zero attached hydrogens (tertiary/aromatic N) is 4. The molecule has 16 aliphatic rings. The van der Waals surface area contributed by atoms with Crippen molar-refractivity contribution in [1.29, 1.82) is 0 Å². The first-order valence-electron chi connectivity index (χ1n) is 52.6. The minimum Gasteiger partial charge on any atom is -0.310 e. The monoisotopic (exact) mass is 1820 g/mol. The highest BCUT2D eigenvalue weighted by Gasteiger charge is 2.66. The summed E-state index contributed by atoms with van der Waals surface area (Å²) in [5.41, 5.74) is 44.7. The second-order valence-electron chi connectivity index (χ2n) is 45.9. The number of rotatable bonds is 12. The average Bonchev–Trinajstić information content (AvgIpc) is 1.51. The van der Waals surface area contributed by atoms with E-state index in [0.29, 0.717) is 34.9 Å². The molecule has 0 unspecified atom stereocenters. The van der Waals surface area contributed by atoms with Gasteiger partial charge in [-0.1, -0.05) is 308 Å². The second-order valence-corrected chi connectivity index (χ2v) is 45.9. The minimum absolute atomic E-state index is 0.0350. The molecule has 4 nitrogen and oxygen atoms in total. The summed E-state index contributed by atoms with van der Waals surface area (Å²) in [4.78, 5) is 11.2. The fourth-order valence-electron chi connectivity index (χ4n) is 32.5. The Kier molecular flexibility index (Phi) is 20.0. The largest absolute Gasteiger partial charge is 0.310 e. The van der Waals surface area contributed by atoms with Crippen molar-refractivity contribution in [3.8, 4) is 77.9 Å². The predicted molar refractivity (Wildman–Crippen MR) is 577 cm³/mol. The molecule has 3 spiro atoms. The third kappa shape index (κ3) is 13.1. The van der Waals surface area contributed by atoms with Crippen molar-refractivity contribution >= 4 is 56.9 Å². The summed E-state index contributed by atoms with van der Waals surface area (Å²) in [6.45, 7) is 21.0. The molecule has 16 aromatic rings. The molecule has 12 saturated carbocycles. The lowest BCUT2D eigenvalue weighted by Crippen LogP contribution is -2.55. The lowest BCUT2D eigenvalue weighted by atomic mass is 9.43. The number of benzene rings is 16. The third-order valence-electron chi connectivity index (χ3n) is 37.5. The normalized spacial score (nSPS) is 25.5. The van der Waals surface area contributed by atoms with Gasteiger partial charge < -0.3 is 14.7 Å². The van der Waals surface area contributed by atoms with Gasteiger partial charge in [0.2, 0.25) is 0 Å². The summed E-state index contributed by atoms with van der Waals surface area (Å²) in [6, 6.07) is 137. The number of halogens is 1. The van der Waals surface area contributed by atoms with Gasteiger partial charge in [0, 0.05) is 55.8 Å². The highest BCUT2D eigenvalue weighted by molar-refractivity contribution is 5.97. The number of aryl methyl sites for hydroxylation is 1. The topological polar surface area (TPSA) is 14.1 Å². The van der Waals surface area contributed by atoms with E-state index in [4.69, 9.17) is 6.57 Å². The zero-order valence-corrected chi connectivity index (χ0v) is 81.4. The first kappa shape index (κ1) is 85.5. The van der Waals surface area contributed by atoms with Crippen LogP contribution in [0.1, 0.15) is 187 Å². The van der Waals surface area contributed by atoms with Gasteiger partial charge in [0.05, 0.1) is 23.6 Å². The van der Waals surface area contributed by atoms with E-state index >= 15 is 0 Å². The van der Waals surface area contributed by atoms with E-state index in [1.807, 2.05) is 31.2 Å². The molecule has 0 N–H and O–H groups in total. The number of fused-ring (bicyclic) bond motifs is 12. The molecule has 688 valence electrons. The number of hydrogen-bond donors (Lipinski definition) is 0. The van der Waals surface area contributed by atoms with Crippen LogP contribution in [0.25, 0.3) is 82.7 Å². The molecular weight excluding hydrogens is 1700 g/mol. The van der Waals surface area contributed by atoms with Gasteiger partial charge in [0.15, 0.2) is 5.69 Å². The summed E-state index contributed by atoms with van der Waals surface area (Å²) >= 11 is 0. The van der Waals surface area contributed by atoms with Crippen molar-refractivity contribution in [2.45, 2.75) is 165 Å². The maximum Gasteiger partial charge on any atom is 0.187 e. The van der Waals surface area contributed by atoms with Crippen LogP contribution in [0.15, 0.2) is 370 Å². The average molecular weight is 1820 g/mol. The van der Waals surface area contributed by atoms with Gasteiger partial charge in [-0.2, -0.15) is 0 Å².